The zero-order valence-electron chi connectivity index (χ0n) is 13.6. The molecular weight excluding hydrogens is 325 g/mol. The highest BCUT2D eigenvalue weighted by molar-refractivity contribution is 5.77. The highest BCUT2D eigenvalue weighted by Gasteiger charge is 2.58. The van der Waals surface area contributed by atoms with Crippen LogP contribution in [0.5, 0.6) is 0 Å². The van der Waals surface area contributed by atoms with Gasteiger partial charge in [-0.15, -0.1) is 0 Å². The molecular formula is C16H19F3N2O3. The second-order valence-corrected chi connectivity index (χ2v) is 5.81. The van der Waals surface area contributed by atoms with Crippen LogP contribution in [0.3, 0.4) is 0 Å². The van der Waals surface area contributed by atoms with E-state index < -0.39 is 29.9 Å². The smallest absolute Gasteiger partial charge is 0.425 e. The molecule has 1 atom stereocenters. The van der Waals surface area contributed by atoms with Crippen LogP contribution >= 0.6 is 0 Å². The number of alkyl halides is 3. The summed E-state index contributed by atoms with van der Waals surface area (Å²) in [5.74, 6) is -1.31. The van der Waals surface area contributed by atoms with Gasteiger partial charge in [-0.1, -0.05) is 0 Å². The van der Waals surface area contributed by atoms with E-state index in [-0.39, 0.29) is 12.3 Å². The molecule has 0 aliphatic carbocycles. The quantitative estimate of drug-likeness (QED) is 0.907. The van der Waals surface area contributed by atoms with Gasteiger partial charge in [0, 0.05) is 26.0 Å². The van der Waals surface area contributed by atoms with E-state index in [1.165, 1.54) is 20.0 Å². The predicted octanol–water partition coefficient (Wildman–Crippen LogP) is 2.73. The molecule has 8 heteroatoms. The summed E-state index contributed by atoms with van der Waals surface area (Å²) in [5, 5.41) is 10.2. The number of nitrogens with zero attached hydrogens (tertiary/aromatic N) is 2. The molecule has 0 aromatic carbocycles. The van der Waals surface area contributed by atoms with E-state index >= 15 is 0 Å². The van der Waals surface area contributed by atoms with Crippen LogP contribution in [0.1, 0.15) is 23.6 Å². The Hall–Kier alpha value is -2.22. The van der Waals surface area contributed by atoms with Crippen LogP contribution in [0.2, 0.25) is 0 Å². The Kier molecular flexibility index (Phi) is 4.80. The zero-order valence-corrected chi connectivity index (χ0v) is 13.6. The van der Waals surface area contributed by atoms with Crippen LogP contribution in [-0.4, -0.2) is 33.7 Å². The van der Waals surface area contributed by atoms with Gasteiger partial charge in [0.2, 0.25) is 11.5 Å². The van der Waals surface area contributed by atoms with Gasteiger partial charge in [0.05, 0.1) is 13.0 Å². The number of aromatic nitrogens is 1. The van der Waals surface area contributed by atoms with E-state index in [1.807, 2.05) is 0 Å². The van der Waals surface area contributed by atoms with Crippen LogP contribution in [0, 0.1) is 6.92 Å². The first-order valence-corrected chi connectivity index (χ1v) is 7.25. The molecule has 2 rings (SSSR count). The van der Waals surface area contributed by atoms with Gasteiger partial charge in [0.25, 0.3) is 0 Å². The summed E-state index contributed by atoms with van der Waals surface area (Å²) in [7, 11) is 3.16. The summed E-state index contributed by atoms with van der Waals surface area (Å²) in [6, 6.07) is 5.87. The number of carbonyl (C=O) groups excluding carboxylic acids is 1. The van der Waals surface area contributed by atoms with Crippen LogP contribution in [0.25, 0.3) is 0 Å². The van der Waals surface area contributed by atoms with Gasteiger partial charge in [0.15, 0.2) is 0 Å². The fourth-order valence-corrected chi connectivity index (χ4v) is 2.33. The van der Waals surface area contributed by atoms with Gasteiger partial charge in [0.1, 0.15) is 11.5 Å². The lowest BCUT2D eigenvalue weighted by Crippen LogP contribution is -2.46. The van der Waals surface area contributed by atoms with Gasteiger partial charge in [-0.25, -0.2) is 0 Å². The second-order valence-electron chi connectivity index (χ2n) is 5.81. The molecule has 0 saturated carbocycles. The maximum Gasteiger partial charge on any atom is 0.425 e. The molecule has 0 spiro atoms. The number of carbonyl (C=O) groups is 1. The molecule has 0 radical (unpaired) electrons. The highest BCUT2D eigenvalue weighted by atomic mass is 19.4. The van der Waals surface area contributed by atoms with Crippen molar-refractivity contribution in [2.24, 2.45) is 7.05 Å². The van der Waals surface area contributed by atoms with Crippen molar-refractivity contribution in [3.8, 4) is 0 Å². The van der Waals surface area contributed by atoms with Crippen molar-refractivity contribution in [2.45, 2.75) is 31.7 Å². The first-order valence-electron chi connectivity index (χ1n) is 7.25. The predicted molar refractivity (Wildman–Crippen MR) is 79.9 cm³/mol. The number of hydrogen-bond acceptors (Lipinski definition) is 3. The van der Waals surface area contributed by atoms with Crippen molar-refractivity contribution < 1.29 is 27.5 Å². The minimum Gasteiger partial charge on any atom is -0.463 e. The van der Waals surface area contributed by atoms with Crippen molar-refractivity contribution in [3.63, 3.8) is 0 Å². The van der Waals surface area contributed by atoms with Crippen molar-refractivity contribution in [1.82, 2.24) is 9.47 Å². The van der Waals surface area contributed by atoms with Crippen molar-refractivity contribution in [3.05, 3.63) is 47.7 Å². The fraction of sp³-hybridized carbons (Fsp3) is 0.438. The van der Waals surface area contributed by atoms with Gasteiger partial charge >= 0.3 is 6.18 Å². The number of aryl methyl sites for hydroxylation is 2. The standard InChI is InChI=1S/C16H19F3N2O3/c1-11-6-7-13(24-11)15(23,16(17,18)19)9-14(22)21(3)10-12-5-4-8-20(12)2/h4-8,23H,9-10H2,1-3H3. The number of halogens is 3. The SMILES string of the molecule is Cc1ccc(C(O)(CC(=O)N(C)Cc2cccn2C)C(F)(F)F)o1. The fourth-order valence-electron chi connectivity index (χ4n) is 2.33. The Labute approximate surface area is 137 Å². The van der Waals surface area contributed by atoms with Crippen molar-refractivity contribution in [1.29, 1.82) is 0 Å². The summed E-state index contributed by atoms with van der Waals surface area (Å²) >= 11 is 0. The molecule has 0 aliphatic heterocycles. The molecule has 0 bridgehead atoms. The maximum atomic E-state index is 13.4. The topological polar surface area (TPSA) is 58.6 Å². The van der Waals surface area contributed by atoms with E-state index in [2.05, 4.69) is 0 Å². The van der Waals surface area contributed by atoms with E-state index in [9.17, 15) is 23.1 Å². The summed E-state index contributed by atoms with van der Waals surface area (Å²) in [4.78, 5) is 13.4. The number of aliphatic hydroxyl groups is 1. The average Bonchev–Trinajstić information content (AvgIpc) is 3.07. The summed E-state index contributed by atoms with van der Waals surface area (Å²) < 4.78 is 46.8. The monoisotopic (exact) mass is 344 g/mol. The average molecular weight is 344 g/mol. The zero-order chi connectivity index (χ0) is 18.1. The van der Waals surface area contributed by atoms with Gasteiger partial charge in [-0.2, -0.15) is 13.2 Å². The van der Waals surface area contributed by atoms with Gasteiger partial charge < -0.3 is 19.0 Å². The molecule has 2 aromatic heterocycles. The summed E-state index contributed by atoms with van der Waals surface area (Å²) in [6.07, 6.45) is -4.42. The Bertz CT molecular complexity index is 720. The Morgan fingerprint density at radius 1 is 1.33 bits per heavy atom. The molecule has 1 unspecified atom stereocenters. The van der Waals surface area contributed by atoms with E-state index in [4.69, 9.17) is 4.42 Å². The van der Waals surface area contributed by atoms with Crippen molar-refractivity contribution >= 4 is 5.91 Å². The Morgan fingerprint density at radius 2 is 2.00 bits per heavy atom. The largest absolute Gasteiger partial charge is 0.463 e. The van der Waals surface area contributed by atoms with E-state index in [0.717, 1.165) is 16.7 Å². The van der Waals surface area contributed by atoms with Crippen LogP contribution in [0.15, 0.2) is 34.9 Å². The molecule has 2 aromatic rings. The third-order valence-electron chi connectivity index (χ3n) is 3.90. The molecule has 24 heavy (non-hydrogen) atoms. The number of furan rings is 1. The third kappa shape index (κ3) is 3.48. The first-order chi connectivity index (χ1) is 11.0. The minimum absolute atomic E-state index is 0.132. The third-order valence-corrected chi connectivity index (χ3v) is 3.90. The Balaban J connectivity index is 2.20. The number of amides is 1. The van der Waals surface area contributed by atoms with Gasteiger partial charge in [-0.05, 0) is 31.2 Å². The maximum absolute atomic E-state index is 13.4. The molecule has 1 amide bonds. The number of rotatable bonds is 5. The summed E-state index contributed by atoms with van der Waals surface area (Å²) in [6.45, 7) is 1.59. The van der Waals surface area contributed by atoms with E-state index in [1.54, 1.807) is 29.9 Å². The number of hydrogen-bond donors (Lipinski definition) is 1. The molecule has 0 fully saturated rings. The molecule has 5 nitrogen and oxygen atoms in total. The molecule has 2 heterocycles. The Morgan fingerprint density at radius 3 is 2.46 bits per heavy atom. The van der Waals surface area contributed by atoms with Gasteiger partial charge in [-0.3, -0.25) is 4.79 Å². The van der Waals surface area contributed by atoms with Crippen LogP contribution in [0.4, 0.5) is 13.2 Å². The lowest BCUT2D eigenvalue weighted by atomic mass is 9.95. The van der Waals surface area contributed by atoms with Crippen LogP contribution < -0.4 is 0 Å². The lowest BCUT2D eigenvalue weighted by molar-refractivity contribution is -0.274. The lowest BCUT2D eigenvalue weighted by Gasteiger charge is -2.30. The molecule has 132 valence electrons. The second kappa shape index (κ2) is 6.35. The van der Waals surface area contributed by atoms with Crippen LogP contribution in [-0.2, 0) is 24.0 Å². The van der Waals surface area contributed by atoms with Crippen molar-refractivity contribution in [2.75, 3.05) is 7.05 Å². The molecule has 1 N–H and O–H groups in total. The molecule has 0 aliphatic rings. The normalized spacial score (nSPS) is 14.5. The first kappa shape index (κ1) is 18.1. The summed E-state index contributed by atoms with van der Waals surface area (Å²) in [5.41, 5.74) is -2.60. The highest BCUT2D eigenvalue weighted by Crippen LogP contribution is 2.42. The van der Waals surface area contributed by atoms with E-state index in [0.29, 0.717) is 0 Å². The molecule has 0 saturated heterocycles. The minimum atomic E-state index is -5.04.